The zero-order valence-corrected chi connectivity index (χ0v) is 16.7. The molecule has 1 amide bonds. The molecule has 1 aliphatic heterocycles. The first-order chi connectivity index (χ1) is 13.7. The van der Waals surface area contributed by atoms with Crippen LogP contribution < -0.4 is 9.64 Å². The monoisotopic (exact) mass is 393 g/mol. The van der Waals surface area contributed by atoms with Crippen molar-refractivity contribution in [1.29, 1.82) is 0 Å². The predicted molar refractivity (Wildman–Crippen MR) is 115 cm³/mol. The average molecular weight is 394 g/mol. The Kier molecular flexibility index (Phi) is 5.58. The van der Waals surface area contributed by atoms with Gasteiger partial charge >= 0.3 is 0 Å². The maximum absolute atomic E-state index is 12.4. The first-order valence-corrected chi connectivity index (χ1v) is 10.3. The molecular weight excluding hydrogens is 370 g/mol. The SMILES string of the molecule is CCOc1ccc2nc(N3CCN(C(=O)/C=C/c4ccccc4)CC3)sc2c1. The minimum atomic E-state index is 0.0640. The zero-order valence-electron chi connectivity index (χ0n) is 15.9. The van der Waals surface area contributed by atoms with Crippen molar-refractivity contribution in [3.8, 4) is 5.75 Å². The Labute approximate surface area is 168 Å². The second kappa shape index (κ2) is 8.44. The van der Waals surface area contributed by atoms with E-state index in [0.29, 0.717) is 19.7 Å². The highest BCUT2D eigenvalue weighted by atomic mass is 32.1. The van der Waals surface area contributed by atoms with Gasteiger partial charge in [0.05, 0.1) is 16.8 Å². The summed E-state index contributed by atoms with van der Waals surface area (Å²) in [6, 6.07) is 15.9. The Morgan fingerprint density at radius 2 is 1.93 bits per heavy atom. The van der Waals surface area contributed by atoms with Gasteiger partial charge in [-0.25, -0.2) is 4.98 Å². The number of amides is 1. The Balaban J connectivity index is 1.38. The number of fused-ring (bicyclic) bond motifs is 1. The fraction of sp³-hybridized carbons (Fsp3) is 0.273. The first-order valence-electron chi connectivity index (χ1n) is 9.53. The minimum Gasteiger partial charge on any atom is -0.494 e. The summed E-state index contributed by atoms with van der Waals surface area (Å²) in [5, 5.41) is 1.01. The van der Waals surface area contributed by atoms with Crippen LogP contribution in [0.4, 0.5) is 5.13 Å². The number of piperazine rings is 1. The Bertz CT molecular complexity index is 976. The normalized spacial score (nSPS) is 14.8. The van der Waals surface area contributed by atoms with Gasteiger partial charge in [-0.3, -0.25) is 4.79 Å². The van der Waals surface area contributed by atoms with Crippen LogP contribution in [0, 0.1) is 0 Å². The number of anilines is 1. The molecule has 6 heteroatoms. The van der Waals surface area contributed by atoms with E-state index in [0.717, 1.165) is 39.8 Å². The molecule has 5 nitrogen and oxygen atoms in total. The first kappa shape index (κ1) is 18.5. The Morgan fingerprint density at radius 3 is 2.68 bits per heavy atom. The van der Waals surface area contributed by atoms with Gasteiger partial charge in [0.2, 0.25) is 5.91 Å². The predicted octanol–water partition coefficient (Wildman–Crippen LogP) is 4.06. The highest BCUT2D eigenvalue weighted by molar-refractivity contribution is 7.22. The maximum Gasteiger partial charge on any atom is 0.246 e. The van der Waals surface area contributed by atoms with E-state index in [4.69, 9.17) is 9.72 Å². The summed E-state index contributed by atoms with van der Waals surface area (Å²) < 4.78 is 6.71. The zero-order chi connectivity index (χ0) is 19.3. The maximum atomic E-state index is 12.4. The summed E-state index contributed by atoms with van der Waals surface area (Å²) in [6.45, 7) is 5.65. The van der Waals surface area contributed by atoms with E-state index in [1.54, 1.807) is 17.4 Å². The molecule has 1 aromatic heterocycles. The third-order valence-corrected chi connectivity index (χ3v) is 5.82. The second-order valence-electron chi connectivity index (χ2n) is 6.62. The van der Waals surface area contributed by atoms with Crippen molar-refractivity contribution in [3.05, 3.63) is 60.2 Å². The molecule has 2 heterocycles. The molecule has 0 N–H and O–H groups in total. The number of thiazole rings is 1. The molecule has 0 bridgehead atoms. The van der Waals surface area contributed by atoms with Crippen LogP contribution >= 0.6 is 11.3 Å². The third kappa shape index (κ3) is 4.17. The molecule has 0 radical (unpaired) electrons. The molecule has 0 unspecified atom stereocenters. The third-order valence-electron chi connectivity index (χ3n) is 4.74. The topological polar surface area (TPSA) is 45.7 Å². The molecule has 1 fully saturated rings. The molecule has 28 heavy (non-hydrogen) atoms. The number of hydrogen-bond donors (Lipinski definition) is 0. The number of carbonyl (C=O) groups excluding carboxylic acids is 1. The van der Waals surface area contributed by atoms with E-state index in [1.165, 1.54) is 0 Å². The molecule has 0 saturated carbocycles. The molecule has 144 valence electrons. The minimum absolute atomic E-state index is 0.0640. The van der Waals surface area contributed by atoms with Crippen LogP contribution in [0.15, 0.2) is 54.6 Å². The van der Waals surface area contributed by atoms with Crippen molar-refractivity contribution in [2.45, 2.75) is 6.92 Å². The second-order valence-corrected chi connectivity index (χ2v) is 7.62. The van der Waals surface area contributed by atoms with Crippen LogP contribution in [-0.4, -0.2) is 48.6 Å². The van der Waals surface area contributed by atoms with Gasteiger partial charge in [0.1, 0.15) is 5.75 Å². The number of carbonyl (C=O) groups is 1. The number of rotatable bonds is 5. The van der Waals surface area contributed by atoms with Crippen LogP contribution in [0.2, 0.25) is 0 Å². The van der Waals surface area contributed by atoms with Gasteiger partial charge in [-0.1, -0.05) is 41.7 Å². The van der Waals surface area contributed by atoms with Crippen LogP contribution in [0.3, 0.4) is 0 Å². The molecule has 1 saturated heterocycles. The number of ether oxygens (including phenoxy) is 1. The van der Waals surface area contributed by atoms with Crippen molar-refractivity contribution in [3.63, 3.8) is 0 Å². The van der Waals surface area contributed by atoms with Gasteiger partial charge in [0, 0.05) is 32.3 Å². The van der Waals surface area contributed by atoms with Crippen molar-refractivity contribution in [1.82, 2.24) is 9.88 Å². The summed E-state index contributed by atoms with van der Waals surface area (Å²) >= 11 is 1.68. The van der Waals surface area contributed by atoms with Gasteiger partial charge < -0.3 is 14.5 Å². The molecule has 2 aromatic carbocycles. The highest BCUT2D eigenvalue weighted by Crippen LogP contribution is 2.32. The Hall–Kier alpha value is -2.86. The lowest BCUT2D eigenvalue weighted by Gasteiger charge is -2.34. The van der Waals surface area contributed by atoms with Crippen LogP contribution in [0.5, 0.6) is 5.75 Å². The lowest BCUT2D eigenvalue weighted by Crippen LogP contribution is -2.48. The molecule has 4 rings (SSSR count). The lowest BCUT2D eigenvalue weighted by atomic mass is 10.2. The van der Waals surface area contributed by atoms with Crippen LogP contribution in [0.1, 0.15) is 12.5 Å². The standard InChI is InChI=1S/C22H23N3O2S/c1-2-27-18-9-10-19-20(16-18)28-22(23-19)25-14-12-24(13-15-25)21(26)11-8-17-6-4-3-5-7-17/h3-11,16H,2,12-15H2,1H3/b11-8+. The van der Waals surface area contributed by atoms with Gasteiger partial charge in [0.15, 0.2) is 5.13 Å². The fourth-order valence-electron chi connectivity index (χ4n) is 3.24. The van der Waals surface area contributed by atoms with E-state index in [1.807, 2.05) is 66.4 Å². The van der Waals surface area contributed by atoms with Crippen LogP contribution in [0.25, 0.3) is 16.3 Å². The van der Waals surface area contributed by atoms with Crippen molar-refractivity contribution < 1.29 is 9.53 Å². The average Bonchev–Trinajstić information content (AvgIpc) is 3.16. The summed E-state index contributed by atoms with van der Waals surface area (Å²) in [4.78, 5) is 21.4. The van der Waals surface area contributed by atoms with Crippen molar-refractivity contribution in [2.75, 3.05) is 37.7 Å². The molecule has 0 aliphatic carbocycles. The van der Waals surface area contributed by atoms with Gasteiger partial charge in [-0.05, 0) is 36.8 Å². The van der Waals surface area contributed by atoms with Gasteiger partial charge in [-0.15, -0.1) is 0 Å². The quantitative estimate of drug-likeness (QED) is 0.614. The molecule has 1 aliphatic rings. The van der Waals surface area contributed by atoms with Gasteiger partial charge in [-0.2, -0.15) is 0 Å². The summed E-state index contributed by atoms with van der Waals surface area (Å²) in [5.74, 6) is 0.944. The summed E-state index contributed by atoms with van der Waals surface area (Å²) in [7, 11) is 0. The fourth-order valence-corrected chi connectivity index (χ4v) is 4.29. The van der Waals surface area contributed by atoms with E-state index < -0.39 is 0 Å². The number of nitrogens with zero attached hydrogens (tertiary/aromatic N) is 3. The molecule has 0 spiro atoms. The van der Waals surface area contributed by atoms with E-state index in [9.17, 15) is 4.79 Å². The molecular formula is C22H23N3O2S. The van der Waals surface area contributed by atoms with E-state index in [-0.39, 0.29) is 5.91 Å². The Morgan fingerprint density at radius 1 is 1.14 bits per heavy atom. The molecule has 0 atom stereocenters. The highest BCUT2D eigenvalue weighted by Gasteiger charge is 2.22. The van der Waals surface area contributed by atoms with Crippen LogP contribution in [-0.2, 0) is 4.79 Å². The largest absolute Gasteiger partial charge is 0.494 e. The van der Waals surface area contributed by atoms with E-state index in [2.05, 4.69) is 4.90 Å². The van der Waals surface area contributed by atoms with Gasteiger partial charge in [0.25, 0.3) is 0 Å². The number of benzene rings is 2. The summed E-state index contributed by atoms with van der Waals surface area (Å²) in [5.41, 5.74) is 2.03. The summed E-state index contributed by atoms with van der Waals surface area (Å²) in [6.07, 6.45) is 3.54. The number of hydrogen-bond acceptors (Lipinski definition) is 5. The van der Waals surface area contributed by atoms with E-state index >= 15 is 0 Å². The lowest BCUT2D eigenvalue weighted by molar-refractivity contribution is -0.126. The smallest absolute Gasteiger partial charge is 0.246 e. The molecule has 3 aromatic rings. The number of aromatic nitrogens is 1. The van der Waals surface area contributed by atoms with Crippen molar-refractivity contribution in [2.24, 2.45) is 0 Å². The van der Waals surface area contributed by atoms with Crippen molar-refractivity contribution >= 4 is 38.7 Å².